The molecule has 2 saturated heterocycles. The number of ether oxygens (including phenoxy) is 1. The van der Waals surface area contributed by atoms with Crippen molar-refractivity contribution in [3.63, 3.8) is 0 Å². The number of carbonyl (C=O) groups excluding carboxylic acids is 4. The molecule has 0 radical (unpaired) electrons. The van der Waals surface area contributed by atoms with Gasteiger partial charge in [0, 0.05) is 49.4 Å². The monoisotopic (exact) mass is 464 g/mol. The predicted molar refractivity (Wildman–Crippen MR) is 124 cm³/mol. The van der Waals surface area contributed by atoms with Gasteiger partial charge in [0.15, 0.2) is 0 Å². The molecule has 1 aromatic carbocycles. The minimum atomic E-state index is -0.416. The van der Waals surface area contributed by atoms with Crippen LogP contribution < -0.4 is 15.5 Å². The highest BCUT2D eigenvalue weighted by Gasteiger charge is 2.37. The molecule has 3 unspecified atom stereocenters. The van der Waals surface area contributed by atoms with Crippen molar-refractivity contribution < 1.29 is 23.9 Å². The van der Waals surface area contributed by atoms with E-state index in [1.807, 2.05) is 35.4 Å². The highest BCUT2D eigenvalue weighted by atomic mass is 16.5. The van der Waals surface area contributed by atoms with E-state index in [0.29, 0.717) is 44.6 Å². The van der Waals surface area contributed by atoms with E-state index < -0.39 is 11.8 Å². The lowest BCUT2D eigenvalue weighted by atomic mass is 9.84. The van der Waals surface area contributed by atoms with Gasteiger partial charge in [0.05, 0.1) is 19.1 Å². The summed E-state index contributed by atoms with van der Waals surface area (Å²) in [6, 6.07) is 6.90. The lowest BCUT2D eigenvalue weighted by molar-refractivity contribution is -0.136. The van der Waals surface area contributed by atoms with Crippen molar-refractivity contribution in [1.82, 2.24) is 15.5 Å². The molecule has 4 aliphatic rings. The van der Waals surface area contributed by atoms with E-state index in [0.717, 1.165) is 24.4 Å². The smallest absolute Gasteiger partial charge is 0.257 e. The molecule has 4 amide bonds. The number of imide groups is 2. The molecule has 1 aromatic rings. The van der Waals surface area contributed by atoms with Crippen LogP contribution in [-0.4, -0.2) is 67.4 Å². The molecule has 3 aliphatic heterocycles. The number of allylic oxidation sites excluding steroid dienone is 1. The predicted octanol–water partition coefficient (Wildman–Crippen LogP) is 0.977. The van der Waals surface area contributed by atoms with Crippen LogP contribution in [0.15, 0.2) is 48.2 Å². The summed E-state index contributed by atoms with van der Waals surface area (Å²) < 4.78 is 5.37. The first-order valence-electron chi connectivity index (χ1n) is 11.8. The summed E-state index contributed by atoms with van der Waals surface area (Å²) in [6.45, 7) is 3.63. The van der Waals surface area contributed by atoms with Crippen LogP contribution in [-0.2, 0) is 19.1 Å². The van der Waals surface area contributed by atoms with Gasteiger partial charge in [0.1, 0.15) is 6.04 Å². The number of piperidine rings is 1. The summed E-state index contributed by atoms with van der Waals surface area (Å²) in [5, 5.41) is 4.93. The molecule has 0 saturated carbocycles. The number of fused-ring (bicyclic) bond motifs is 1. The number of benzene rings is 1. The third-order valence-electron chi connectivity index (χ3n) is 6.97. The SMILES string of the molecule is O=C1CCC(N2C=C3C=CC(C(=O)NC(=O)c4ccc(N5CCOCC5)cc4)CC3C2)C(=O)N1. The molecule has 0 spiro atoms. The number of hydrogen-bond acceptors (Lipinski definition) is 7. The highest BCUT2D eigenvalue weighted by Crippen LogP contribution is 2.35. The van der Waals surface area contributed by atoms with Crippen LogP contribution in [0.1, 0.15) is 29.6 Å². The molecular formula is C25H28N4O5. The minimum absolute atomic E-state index is 0.106. The maximum Gasteiger partial charge on any atom is 0.257 e. The summed E-state index contributed by atoms with van der Waals surface area (Å²) >= 11 is 0. The molecule has 1 aliphatic carbocycles. The van der Waals surface area contributed by atoms with Crippen LogP contribution in [0.4, 0.5) is 5.69 Å². The number of nitrogens with zero attached hydrogens (tertiary/aromatic N) is 2. The molecule has 5 rings (SSSR count). The fourth-order valence-electron chi connectivity index (χ4n) is 5.04. The Labute approximate surface area is 197 Å². The number of carbonyl (C=O) groups is 4. The Bertz CT molecular complexity index is 1060. The number of nitrogens with one attached hydrogen (secondary N) is 2. The third kappa shape index (κ3) is 4.61. The number of rotatable bonds is 4. The molecule has 9 nitrogen and oxygen atoms in total. The maximum atomic E-state index is 12.8. The Morgan fingerprint density at radius 1 is 1.09 bits per heavy atom. The second-order valence-electron chi connectivity index (χ2n) is 9.16. The minimum Gasteiger partial charge on any atom is -0.378 e. The molecule has 34 heavy (non-hydrogen) atoms. The van der Waals surface area contributed by atoms with Gasteiger partial charge in [-0.3, -0.25) is 29.8 Å². The number of amides is 4. The zero-order chi connectivity index (χ0) is 23.7. The van der Waals surface area contributed by atoms with E-state index in [1.54, 1.807) is 12.1 Å². The van der Waals surface area contributed by atoms with Gasteiger partial charge in [-0.1, -0.05) is 12.2 Å². The van der Waals surface area contributed by atoms with Crippen molar-refractivity contribution in [2.24, 2.45) is 11.8 Å². The Hall–Kier alpha value is -3.46. The van der Waals surface area contributed by atoms with Crippen LogP contribution in [0.25, 0.3) is 0 Å². The molecule has 2 fully saturated rings. The molecule has 3 heterocycles. The van der Waals surface area contributed by atoms with Crippen molar-refractivity contribution in [3.8, 4) is 0 Å². The topological polar surface area (TPSA) is 108 Å². The normalized spacial score (nSPS) is 26.6. The Morgan fingerprint density at radius 3 is 2.59 bits per heavy atom. The largest absolute Gasteiger partial charge is 0.378 e. The van der Waals surface area contributed by atoms with Gasteiger partial charge in [-0.2, -0.15) is 0 Å². The van der Waals surface area contributed by atoms with Gasteiger partial charge in [-0.25, -0.2) is 0 Å². The van der Waals surface area contributed by atoms with Crippen LogP contribution in [0, 0.1) is 11.8 Å². The lowest BCUT2D eigenvalue weighted by Gasteiger charge is -2.30. The summed E-state index contributed by atoms with van der Waals surface area (Å²) in [5.41, 5.74) is 2.54. The van der Waals surface area contributed by atoms with Crippen LogP contribution in [0.2, 0.25) is 0 Å². The molecular weight excluding hydrogens is 436 g/mol. The fraction of sp³-hybridized carbons (Fsp3) is 0.440. The van der Waals surface area contributed by atoms with Crippen molar-refractivity contribution in [2.75, 3.05) is 37.7 Å². The lowest BCUT2D eigenvalue weighted by Crippen LogP contribution is -2.50. The number of anilines is 1. The summed E-state index contributed by atoms with van der Waals surface area (Å²) in [4.78, 5) is 53.3. The van der Waals surface area contributed by atoms with Crippen molar-refractivity contribution >= 4 is 29.3 Å². The Morgan fingerprint density at radius 2 is 1.85 bits per heavy atom. The third-order valence-corrected chi connectivity index (χ3v) is 6.97. The zero-order valence-corrected chi connectivity index (χ0v) is 18.9. The van der Waals surface area contributed by atoms with Crippen molar-refractivity contribution in [2.45, 2.75) is 25.3 Å². The highest BCUT2D eigenvalue weighted by molar-refractivity contribution is 6.06. The molecule has 9 heteroatoms. The Balaban J connectivity index is 1.16. The van der Waals surface area contributed by atoms with E-state index in [9.17, 15) is 19.2 Å². The molecule has 2 N–H and O–H groups in total. The van der Waals surface area contributed by atoms with Crippen LogP contribution in [0.3, 0.4) is 0 Å². The standard InChI is InChI=1S/C25H28N4O5/c30-22-8-7-21(25(33)26-22)29-14-18-2-1-17(13-19(18)15-29)24(32)27-23(31)16-3-5-20(6-4-16)28-9-11-34-12-10-28/h1-6,14,17,19,21H,7-13,15H2,(H,26,30,33)(H,27,31,32). The molecule has 178 valence electrons. The van der Waals surface area contributed by atoms with Gasteiger partial charge in [0.2, 0.25) is 17.7 Å². The van der Waals surface area contributed by atoms with E-state index >= 15 is 0 Å². The van der Waals surface area contributed by atoms with Gasteiger partial charge >= 0.3 is 0 Å². The van der Waals surface area contributed by atoms with E-state index in [-0.39, 0.29) is 29.7 Å². The van der Waals surface area contributed by atoms with Gasteiger partial charge in [-0.05, 0) is 42.7 Å². The van der Waals surface area contributed by atoms with Crippen LogP contribution in [0.5, 0.6) is 0 Å². The van der Waals surface area contributed by atoms with Crippen molar-refractivity contribution in [3.05, 3.63) is 53.8 Å². The number of hydrogen-bond donors (Lipinski definition) is 2. The quantitative estimate of drug-likeness (QED) is 0.640. The van der Waals surface area contributed by atoms with Gasteiger partial charge in [0.25, 0.3) is 5.91 Å². The van der Waals surface area contributed by atoms with E-state index in [1.165, 1.54) is 0 Å². The second-order valence-corrected chi connectivity index (χ2v) is 9.16. The first kappa shape index (κ1) is 22.3. The Kier molecular flexibility index (Phi) is 6.19. The molecule has 0 aromatic heterocycles. The molecule has 0 bridgehead atoms. The van der Waals surface area contributed by atoms with E-state index in [4.69, 9.17) is 4.74 Å². The summed E-state index contributed by atoms with van der Waals surface area (Å²) in [7, 11) is 0. The van der Waals surface area contributed by atoms with Crippen molar-refractivity contribution in [1.29, 1.82) is 0 Å². The average molecular weight is 465 g/mol. The zero-order valence-electron chi connectivity index (χ0n) is 18.9. The summed E-state index contributed by atoms with van der Waals surface area (Å²) in [5.74, 6) is -1.55. The first-order chi connectivity index (χ1) is 16.5. The van der Waals surface area contributed by atoms with Gasteiger partial charge in [-0.15, -0.1) is 0 Å². The first-order valence-corrected chi connectivity index (χ1v) is 11.8. The van der Waals surface area contributed by atoms with Gasteiger partial charge < -0.3 is 14.5 Å². The number of morpholine rings is 1. The van der Waals surface area contributed by atoms with Crippen LogP contribution >= 0.6 is 0 Å². The molecule has 3 atom stereocenters. The second kappa shape index (κ2) is 9.42. The maximum absolute atomic E-state index is 12.8. The fourth-order valence-corrected chi connectivity index (χ4v) is 5.04. The average Bonchev–Trinajstić information content (AvgIpc) is 3.27. The summed E-state index contributed by atoms with van der Waals surface area (Å²) in [6.07, 6.45) is 7.08. The van der Waals surface area contributed by atoms with E-state index in [2.05, 4.69) is 15.5 Å².